The average Bonchev–Trinajstić information content (AvgIpc) is 2.83. The minimum absolute atomic E-state index is 0.366. The number of para-hydroxylation sites is 1. The highest BCUT2D eigenvalue weighted by Gasteiger charge is 2.15. The molecule has 2 rings (SSSR count). The zero-order valence-electron chi connectivity index (χ0n) is 11.1. The molecule has 0 spiro atoms. The summed E-state index contributed by atoms with van der Waals surface area (Å²) in [5, 5.41) is 11.8. The fourth-order valence-corrected chi connectivity index (χ4v) is 1.77. The molecule has 0 saturated carbocycles. The first kappa shape index (κ1) is 13.0. The van der Waals surface area contributed by atoms with Crippen LogP contribution in [0.25, 0.3) is 0 Å². The number of esters is 1. The number of rotatable bonds is 4. The Bertz CT molecular complexity index is 581. The van der Waals surface area contributed by atoms with Gasteiger partial charge in [0.2, 0.25) is 0 Å². The summed E-state index contributed by atoms with van der Waals surface area (Å²) in [4.78, 5) is 15.0. The van der Waals surface area contributed by atoms with E-state index in [1.54, 1.807) is 19.2 Å². The number of aryl methyl sites for hydroxylation is 1. The predicted octanol–water partition coefficient (Wildman–Crippen LogP) is 0.633. The number of nitrogens with zero attached hydrogens (tertiary/aromatic N) is 5. The molecular formula is C12H15N5O2. The molecule has 7 heteroatoms. The zero-order chi connectivity index (χ0) is 13.8. The first-order valence-corrected chi connectivity index (χ1v) is 5.73. The quantitative estimate of drug-likeness (QED) is 0.752. The number of methoxy groups -OCH3 is 1. The van der Waals surface area contributed by atoms with Gasteiger partial charge in [0, 0.05) is 7.05 Å². The molecule has 0 aliphatic heterocycles. The Morgan fingerprint density at radius 1 is 1.42 bits per heavy atom. The smallest absolute Gasteiger partial charge is 0.339 e. The van der Waals surface area contributed by atoms with Crippen LogP contribution in [-0.2, 0) is 18.3 Å². The summed E-state index contributed by atoms with van der Waals surface area (Å²) in [6.45, 7) is 0.460. The highest BCUT2D eigenvalue weighted by Crippen LogP contribution is 2.20. The largest absolute Gasteiger partial charge is 0.465 e. The number of carbonyl (C=O) groups excluding carboxylic acids is 1. The van der Waals surface area contributed by atoms with E-state index in [-0.39, 0.29) is 5.97 Å². The molecule has 0 bridgehead atoms. The first-order valence-electron chi connectivity index (χ1n) is 5.73. The Morgan fingerprint density at radius 3 is 2.79 bits per heavy atom. The Labute approximate surface area is 110 Å². The third-order valence-electron chi connectivity index (χ3n) is 2.65. The lowest BCUT2D eigenvalue weighted by Gasteiger charge is -2.19. The second kappa shape index (κ2) is 5.47. The van der Waals surface area contributed by atoms with Gasteiger partial charge in [-0.05, 0) is 17.3 Å². The van der Waals surface area contributed by atoms with Crippen molar-refractivity contribution in [3.63, 3.8) is 0 Å². The maximum absolute atomic E-state index is 11.7. The fraction of sp³-hybridized carbons (Fsp3) is 0.333. The van der Waals surface area contributed by atoms with Crippen LogP contribution in [0.5, 0.6) is 0 Å². The lowest BCUT2D eigenvalue weighted by atomic mass is 10.1. The molecule has 19 heavy (non-hydrogen) atoms. The van der Waals surface area contributed by atoms with Crippen LogP contribution in [-0.4, -0.2) is 40.3 Å². The van der Waals surface area contributed by atoms with Gasteiger partial charge in [-0.15, -0.1) is 10.2 Å². The van der Waals surface area contributed by atoms with Crippen molar-refractivity contribution in [2.75, 3.05) is 19.1 Å². The second-order valence-electron chi connectivity index (χ2n) is 4.06. The summed E-state index contributed by atoms with van der Waals surface area (Å²) in [7, 11) is 4.93. The predicted molar refractivity (Wildman–Crippen MR) is 68.7 cm³/mol. The number of benzene rings is 1. The molecular weight excluding hydrogens is 246 g/mol. The van der Waals surface area contributed by atoms with Crippen LogP contribution in [0.1, 0.15) is 16.2 Å². The van der Waals surface area contributed by atoms with Crippen molar-refractivity contribution < 1.29 is 9.53 Å². The Kier molecular flexibility index (Phi) is 3.74. The average molecular weight is 261 g/mol. The molecule has 1 heterocycles. The van der Waals surface area contributed by atoms with Crippen LogP contribution in [0.15, 0.2) is 24.3 Å². The van der Waals surface area contributed by atoms with Crippen LogP contribution < -0.4 is 4.90 Å². The van der Waals surface area contributed by atoms with Crippen molar-refractivity contribution >= 4 is 11.7 Å². The Hall–Kier alpha value is -2.44. The van der Waals surface area contributed by atoms with Crippen molar-refractivity contribution in [1.82, 2.24) is 20.2 Å². The van der Waals surface area contributed by atoms with E-state index in [2.05, 4.69) is 15.4 Å². The van der Waals surface area contributed by atoms with E-state index in [0.717, 1.165) is 5.69 Å². The summed E-state index contributed by atoms with van der Waals surface area (Å²) in [6.07, 6.45) is 0. The van der Waals surface area contributed by atoms with Crippen LogP contribution >= 0.6 is 0 Å². The number of aromatic nitrogens is 4. The molecule has 1 aromatic heterocycles. The van der Waals surface area contributed by atoms with Crippen LogP contribution in [0, 0.1) is 0 Å². The van der Waals surface area contributed by atoms with E-state index in [1.165, 1.54) is 11.9 Å². The molecule has 0 saturated heterocycles. The van der Waals surface area contributed by atoms with Gasteiger partial charge >= 0.3 is 5.97 Å². The third kappa shape index (κ3) is 2.87. The van der Waals surface area contributed by atoms with Gasteiger partial charge in [-0.25, -0.2) is 4.79 Å². The standard InChI is InChI=1S/C12H15N5O2/c1-16(8-11-13-15-17(2)14-11)10-7-5-4-6-9(10)12(18)19-3/h4-7H,8H2,1-3H3. The van der Waals surface area contributed by atoms with Crippen molar-refractivity contribution in [1.29, 1.82) is 0 Å². The van der Waals surface area contributed by atoms with Crippen molar-refractivity contribution in [2.45, 2.75) is 6.54 Å². The van der Waals surface area contributed by atoms with E-state index in [4.69, 9.17) is 4.74 Å². The summed E-state index contributed by atoms with van der Waals surface area (Å²) in [6, 6.07) is 7.23. The van der Waals surface area contributed by atoms with Gasteiger partial charge in [-0.1, -0.05) is 12.1 Å². The van der Waals surface area contributed by atoms with Crippen molar-refractivity contribution in [3.8, 4) is 0 Å². The molecule has 2 aromatic rings. The molecule has 100 valence electrons. The van der Waals surface area contributed by atoms with Crippen LogP contribution in [0.3, 0.4) is 0 Å². The minimum Gasteiger partial charge on any atom is -0.465 e. The molecule has 0 aliphatic rings. The van der Waals surface area contributed by atoms with Crippen molar-refractivity contribution in [2.24, 2.45) is 7.05 Å². The molecule has 0 radical (unpaired) electrons. The maximum Gasteiger partial charge on any atom is 0.339 e. The van der Waals surface area contributed by atoms with E-state index in [1.807, 2.05) is 24.1 Å². The number of tetrazole rings is 1. The van der Waals surface area contributed by atoms with Gasteiger partial charge in [0.15, 0.2) is 5.82 Å². The zero-order valence-corrected chi connectivity index (χ0v) is 11.1. The lowest BCUT2D eigenvalue weighted by molar-refractivity contribution is 0.0601. The molecule has 0 amide bonds. The van der Waals surface area contributed by atoms with Crippen molar-refractivity contribution in [3.05, 3.63) is 35.7 Å². The molecule has 0 N–H and O–H groups in total. The molecule has 0 fully saturated rings. The fourth-order valence-electron chi connectivity index (χ4n) is 1.77. The molecule has 0 aliphatic carbocycles. The second-order valence-corrected chi connectivity index (χ2v) is 4.06. The van der Waals surface area contributed by atoms with Gasteiger partial charge in [0.05, 0.1) is 32.0 Å². The maximum atomic E-state index is 11.7. The molecule has 0 atom stereocenters. The number of hydrogen-bond acceptors (Lipinski definition) is 6. The monoisotopic (exact) mass is 261 g/mol. The molecule has 1 aromatic carbocycles. The van der Waals surface area contributed by atoms with E-state index < -0.39 is 0 Å². The Morgan fingerprint density at radius 2 is 2.16 bits per heavy atom. The molecule has 7 nitrogen and oxygen atoms in total. The van der Waals surface area contributed by atoms with Gasteiger partial charge in [0.25, 0.3) is 0 Å². The van der Waals surface area contributed by atoms with E-state index in [9.17, 15) is 4.79 Å². The van der Waals surface area contributed by atoms with Crippen LogP contribution in [0.4, 0.5) is 5.69 Å². The third-order valence-corrected chi connectivity index (χ3v) is 2.65. The highest BCUT2D eigenvalue weighted by molar-refractivity contribution is 5.95. The summed E-state index contributed by atoms with van der Waals surface area (Å²) < 4.78 is 4.77. The minimum atomic E-state index is -0.366. The SMILES string of the molecule is COC(=O)c1ccccc1N(C)Cc1nnn(C)n1. The lowest BCUT2D eigenvalue weighted by Crippen LogP contribution is -2.20. The Balaban J connectivity index is 2.23. The first-order chi connectivity index (χ1) is 9.11. The molecule has 0 unspecified atom stereocenters. The number of anilines is 1. The number of hydrogen-bond donors (Lipinski definition) is 0. The summed E-state index contributed by atoms with van der Waals surface area (Å²) in [5.41, 5.74) is 1.28. The number of carbonyl (C=O) groups is 1. The normalized spacial score (nSPS) is 10.3. The number of ether oxygens (including phenoxy) is 1. The van der Waals surface area contributed by atoms with Gasteiger partial charge in [-0.3, -0.25) is 0 Å². The van der Waals surface area contributed by atoms with E-state index in [0.29, 0.717) is 17.9 Å². The van der Waals surface area contributed by atoms with Gasteiger partial charge in [-0.2, -0.15) is 4.80 Å². The topological polar surface area (TPSA) is 73.1 Å². The summed E-state index contributed by atoms with van der Waals surface area (Å²) >= 11 is 0. The van der Waals surface area contributed by atoms with Gasteiger partial charge in [0.1, 0.15) is 0 Å². The van der Waals surface area contributed by atoms with E-state index >= 15 is 0 Å². The summed E-state index contributed by atoms with van der Waals surface area (Å²) in [5.74, 6) is 0.222. The van der Waals surface area contributed by atoms with Crippen LogP contribution in [0.2, 0.25) is 0 Å². The van der Waals surface area contributed by atoms with Gasteiger partial charge < -0.3 is 9.64 Å². The highest BCUT2D eigenvalue weighted by atomic mass is 16.5.